The summed E-state index contributed by atoms with van der Waals surface area (Å²) in [5.74, 6) is 1.11. The molecule has 0 aromatic heterocycles. The van der Waals surface area contributed by atoms with Gasteiger partial charge in [0.1, 0.15) is 6.61 Å². The van der Waals surface area contributed by atoms with Gasteiger partial charge >= 0.3 is 0 Å². The van der Waals surface area contributed by atoms with Gasteiger partial charge in [-0.25, -0.2) is 0 Å². The van der Waals surface area contributed by atoms with E-state index in [4.69, 9.17) is 44.3 Å². The number of benzene rings is 2. The molecule has 0 heterocycles. The summed E-state index contributed by atoms with van der Waals surface area (Å²) in [5, 5.41) is 5.02. The molecule has 2 rings (SSSR count). The molecule has 0 aliphatic heterocycles. The lowest BCUT2D eigenvalue weighted by Crippen LogP contribution is -2.37. The first kappa shape index (κ1) is 21.2. The lowest BCUT2D eigenvalue weighted by Gasteiger charge is -2.25. The highest BCUT2D eigenvalue weighted by molar-refractivity contribution is 6.42. The zero-order chi connectivity index (χ0) is 19.3. The molecule has 0 fully saturated rings. The molecule has 2 aromatic rings. The van der Waals surface area contributed by atoms with Crippen molar-refractivity contribution in [2.24, 2.45) is 0 Å². The van der Waals surface area contributed by atoms with Crippen LogP contribution in [0, 0.1) is 0 Å². The van der Waals surface area contributed by atoms with Gasteiger partial charge in [0.15, 0.2) is 11.5 Å². The van der Waals surface area contributed by atoms with E-state index in [1.807, 2.05) is 18.2 Å². The van der Waals surface area contributed by atoms with Gasteiger partial charge in [-0.05, 0) is 55.7 Å². The molecule has 0 radical (unpaired) electrons. The molecule has 26 heavy (non-hydrogen) atoms. The normalized spacial score (nSPS) is 11.5. The van der Waals surface area contributed by atoms with Crippen LogP contribution in [0.15, 0.2) is 30.3 Å². The van der Waals surface area contributed by atoms with Crippen LogP contribution in [0.5, 0.6) is 11.5 Å². The first-order valence-corrected chi connectivity index (χ1v) is 9.57. The molecule has 1 N–H and O–H groups in total. The second-order valence-corrected chi connectivity index (χ2v) is 7.96. The summed E-state index contributed by atoms with van der Waals surface area (Å²) in [6, 6.07) is 9.21. The zero-order valence-electron chi connectivity index (χ0n) is 15.5. The van der Waals surface area contributed by atoms with E-state index in [1.165, 1.54) is 0 Å². The highest BCUT2D eigenvalue weighted by Crippen LogP contribution is 2.37. The molecule has 0 saturated carbocycles. The van der Waals surface area contributed by atoms with Crippen molar-refractivity contribution in [2.45, 2.75) is 45.9 Å². The van der Waals surface area contributed by atoms with Gasteiger partial charge in [-0.1, -0.05) is 47.8 Å². The Kier molecular flexibility index (Phi) is 7.48. The molecule has 0 aliphatic rings. The highest BCUT2D eigenvalue weighted by atomic mass is 35.5. The molecule has 3 nitrogen and oxygen atoms in total. The third kappa shape index (κ3) is 5.68. The predicted octanol–water partition coefficient (Wildman–Crippen LogP) is 6.51. The molecule has 2 aromatic carbocycles. The van der Waals surface area contributed by atoms with E-state index in [1.54, 1.807) is 19.2 Å². The molecule has 0 saturated heterocycles. The summed E-state index contributed by atoms with van der Waals surface area (Å²) in [7, 11) is 1.60. The second-order valence-electron chi connectivity index (χ2n) is 6.74. The largest absolute Gasteiger partial charge is 0.493 e. The first-order chi connectivity index (χ1) is 12.3. The average Bonchev–Trinajstić information content (AvgIpc) is 2.61. The molecule has 0 bridgehead atoms. The van der Waals surface area contributed by atoms with Gasteiger partial charge in [0.25, 0.3) is 0 Å². The summed E-state index contributed by atoms with van der Waals surface area (Å²) in [6.45, 7) is 7.50. The van der Waals surface area contributed by atoms with Crippen LogP contribution < -0.4 is 14.8 Å². The van der Waals surface area contributed by atoms with Crippen molar-refractivity contribution in [3.63, 3.8) is 0 Å². The van der Waals surface area contributed by atoms with Crippen molar-refractivity contribution in [1.29, 1.82) is 0 Å². The Morgan fingerprint density at radius 2 is 1.65 bits per heavy atom. The van der Waals surface area contributed by atoms with Gasteiger partial charge < -0.3 is 14.8 Å². The van der Waals surface area contributed by atoms with Crippen LogP contribution in [-0.2, 0) is 13.2 Å². The standard InChI is InChI=1S/C20H24Cl3NO2/c1-5-20(2,3)24-11-14-9-17(23)19(18(10-14)25-4)26-12-13-6-7-15(21)16(22)8-13/h6-10,24H,5,11-12H2,1-4H3. The molecule has 6 heteroatoms. The number of ether oxygens (including phenoxy) is 2. The number of rotatable bonds is 8. The number of hydrogen-bond donors (Lipinski definition) is 1. The van der Waals surface area contributed by atoms with Crippen LogP contribution in [-0.4, -0.2) is 12.6 Å². The summed E-state index contributed by atoms with van der Waals surface area (Å²) < 4.78 is 11.4. The van der Waals surface area contributed by atoms with Crippen molar-refractivity contribution in [2.75, 3.05) is 7.11 Å². The average molecular weight is 417 g/mol. The van der Waals surface area contributed by atoms with Crippen molar-refractivity contribution in [3.05, 3.63) is 56.5 Å². The van der Waals surface area contributed by atoms with E-state index in [2.05, 4.69) is 26.1 Å². The topological polar surface area (TPSA) is 30.5 Å². The summed E-state index contributed by atoms with van der Waals surface area (Å²) in [6.07, 6.45) is 1.03. The number of methoxy groups -OCH3 is 1. The minimum atomic E-state index is 0.0583. The Morgan fingerprint density at radius 3 is 2.27 bits per heavy atom. The smallest absolute Gasteiger partial charge is 0.180 e. The van der Waals surface area contributed by atoms with Crippen molar-refractivity contribution >= 4 is 34.8 Å². The lowest BCUT2D eigenvalue weighted by molar-refractivity contribution is 0.284. The molecule has 142 valence electrons. The van der Waals surface area contributed by atoms with E-state index >= 15 is 0 Å². The SMILES string of the molecule is CCC(C)(C)NCc1cc(Cl)c(OCc2ccc(Cl)c(Cl)c2)c(OC)c1. The molecule has 0 aliphatic carbocycles. The van der Waals surface area contributed by atoms with Crippen LogP contribution in [0.3, 0.4) is 0 Å². The fraction of sp³-hybridized carbons (Fsp3) is 0.400. The fourth-order valence-electron chi connectivity index (χ4n) is 2.27. The van der Waals surface area contributed by atoms with Crippen LogP contribution >= 0.6 is 34.8 Å². The predicted molar refractivity (Wildman–Crippen MR) is 110 cm³/mol. The third-order valence-electron chi connectivity index (χ3n) is 4.31. The fourth-order valence-corrected chi connectivity index (χ4v) is 2.88. The second kappa shape index (κ2) is 9.18. The summed E-state index contributed by atoms with van der Waals surface area (Å²) in [5.41, 5.74) is 1.99. The third-order valence-corrected chi connectivity index (χ3v) is 5.33. The minimum Gasteiger partial charge on any atom is -0.493 e. The first-order valence-electron chi connectivity index (χ1n) is 8.44. The van der Waals surface area contributed by atoms with Crippen molar-refractivity contribution in [3.8, 4) is 11.5 Å². The van der Waals surface area contributed by atoms with Crippen molar-refractivity contribution in [1.82, 2.24) is 5.32 Å². The Labute approximate surface area is 170 Å². The maximum Gasteiger partial charge on any atom is 0.180 e. The maximum atomic E-state index is 6.44. The Morgan fingerprint density at radius 1 is 0.962 bits per heavy atom. The molecule has 0 amide bonds. The number of halogens is 3. The van der Waals surface area contributed by atoms with Crippen molar-refractivity contribution < 1.29 is 9.47 Å². The van der Waals surface area contributed by atoms with Gasteiger partial charge in [-0.15, -0.1) is 0 Å². The zero-order valence-corrected chi connectivity index (χ0v) is 17.7. The van der Waals surface area contributed by atoms with Gasteiger partial charge in [0.05, 0.1) is 22.2 Å². The summed E-state index contributed by atoms with van der Waals surface area (Å²) >= 11 is 18.4. The lowest BCUT2D eigenvalue weighted by atomic mass is 10.0. The van der Waals surface area contributed by atoms with Gasteiger partial charge in [-0.2, -0.15) is 0 Å². The van der Waals surface area contributed by atoms with Gasteiger partial charge in [-0.3, -0.25) is 0 Å². The van der Waals surface area contributed by atoms with E-state index in [9.17, 15) is 0 Å². The molecule has 0 spiro atoms. The van der Waals surface area contributed by atoms with E-state index in [0.29, 0.717) is 39.7 Å². The highest BCUT2D eigenvalue weighted by Gasteiger charge is 2.16. The van der Waals surface area contributed by atoms with E-state index in [0.717, 1.165) is 17.5 Å². The molecular weight excluding hydrogens is 393 g/mol. The number of nitrogens with one attached hydrogen (secondary N) is 1. The Hall–Kier alpha value is -1.13. The monoisotopic (exact) mass is 415 g/mol. The maximum absolute atomic E-state index is 6.44. The molecule has 0 atom stereocenters. The van der Waals surface area contributed by atoms with Crippen LogP contribution in [0.25, 0.3) is 0 Å². The Bertz CT molecular complexity index is 763. The van der Waals surface area contributed by atoms with Crippen LogP contribution in [0.1, 0.15) is 38.3 Å². The van der Waals surface area contributed by atoms with E-state index < -0.39 is 0 Å². The molecule has 0 unspecified atom stereocenters. The van der Waals surface area contributed by atoms with Crippen LogP contribution in [0.2, 0.25) is 15.1 Å². The minimum absolute atomic E-state index is 0.0583. The van der Waals surface area contributed by atoms with Gasteiger partial charge in [0.2, 0.25) is 0 Å². The molecular formula is C20H24Cl3NO2. The summed E-state index contributed by atoms with van der Waals surface area (Å²) in [4.78, 5) is 0. The van der Waals surface area contributed by atoms with E-state index in [-0.39, 0.29) is 5.54 Å². The Balaban J connectivity index is 2.14. The van der Waals surface area contributed by atoms with Gasteiger partial charge in [0, 0.05) is 12.1 Å². The van der Waals surface area contributed by atoms with Crippen LogP contribution in [0.4, 0.5) is 0 Å². The number of hydrogen-bond acceptors (Lipinski definition) is 3. The quantitative estimate of drug-likeness (QED) is 0.532.